The average molecular weight is 502 g/mol. The molecule has 0 saturated carbocycles. The summed E-state index contributed by atoms with van der Waals surface area (Å²) in [7, 11) is 16.7. The van der Waals surface area contributed by atoms with Crippen molar-refractivity contribution in [3.63, 3.8) is 0 Å². The minimum atomic E-state index is -3.01. The number of aliphatic hydroxyl groups is 4. The minimum Gasteiger partial charge on any atom is -0.477 e. The van der Waals surface area contributed by atoms with Gasteiger partial charge in [-0.15, -0.1) is 11.3 Å². The van der Waals surface area contributed by atoms with Gasteiger partial charge in [0.15, 0.2) is 5.65 Å². The number of hydrogen-bond donors (Lipinski definition) is 5. The molecule has 1 saturated heterocycles. The lowest BCUT2D eigenvalue weighted by atomic mass is 9.48. The lowest BCUT2D eigenvalue weighted by Gasteiger charge is -2.50. The molecule has 0 spiro atoms. The molecule has 6 radical (unpaired) electrons. The monoisotopic (exact) mass is 502 g/mol. The van der Waals surface area contributed by atoms with E-state index >= 15 is 0 Å². The predicted molar refractivity (Wildman–Crippen MR) is 134 cm³/mol. The van der Waals surface area contributed by atoms with Gasteiger partial charge in [-0.1, -0.05) is 17.4 Å². The first-order valence-corrected chi connectivity index (χ1v) is 11.5. The Bertz CT molecular complexity index is 1600. The number of thiazole rings is 1. The van der Waals surface area contributed by atoms with Crippen LogP contribution in [0.3, 0.4) is 0 Å². The first-order valence-electron chi connectivity index (χ1n) is 10.6. The molecule has 1 aliphatic heterocycles. The fourth-order valence-corrected chi connectivity index (χ4v) is 5.83. The van der Waals surface area contributed by atoms with Crippen LogP contribution in [0.1, 0.15) is 16.8 Å². The summed E-state index contributed by atoms with van der Waals surface area (Å²) < 4.78 is 2.29. The fourth-order valence-electron chi connectivity index (χ4n) is 4.65. The van der Waals surface area contributed by atoms with Crippen molar-refractivity contribution in [1.29, 1.82) is 0 Å². The molecule has 0 bridgehead atoms. The first kappa shape index (κ1) is 24.7. The number of pyridine rings is 2. The second-order valence-electron chi connectivity index (χ2n) is 8.70. The van der Waals surface area contributed by atoms with Crippen molar-refractivity contribution >= 4 is 72.7 Å². The smallest absolute Gasteiger partial charge is 0.342 e. The van der Waals surface area contributed by atoms with Crippen molar-refractivity contribution in [3.8, 4) is 0 Å². The Morgan fingerprint density at radius 2 is 1.75 bits per heavy atom. The molecule has 36 heavy (non-hydrogen) atoms. The summed E-state index contributed by atoms with van der Waals surface area (Å²) in [6, 6.07) is 9.86. The van der Waals surface area contributed by atoms with Gasteiger partial charge in [-0.05, 0) is 24.3 Å². The molecule has 1 fully saturated rings. The predicted octanol–water partition coefficient (Wildman–Crippen LogP) is -1.33. The third-order valence-corrected chi connectivity index (χ3v) is 7.18. The van der Waals surface area contributed by atoms with Crippen LogP contribution in [0.4, 0.5) is 5.82 Å². The quantitative estimate of drug-likeness (QED) is 0.168. The maximum Gasteiger partial charge on any atom is 0.342 e. The highest BCUT2D eigenvalue weighted by Crippen LogP contribution is 2.34. The third kappa shape index (κ3) is 3.79. The minimum absolute atomic E-state index is 0.0384. The summed E-state index contributed by atoms with van der Waals surface area (Å²) in [5.74, 6) is -7.14. The van der Waals surface area contributed by atoms with E-state index in [4.69, 9.17) is 23.5 Å². The van der Waals surface area contributed by atoms with Crippen LogP contribution in [-0.2, 0) is 0 Å². The van der Waals surface area contributed by atoms with Crippen molar-refractivity contribution < 1.29 is 30.3 Å². The van der Waals surface area contributed by atoms with E-state index < -0.39 is 41.4 Å². The first-order chi connectivity index (χ1) is 16.7. The van der Waals surface area contributed by atoms with Crippen molar-refractivity contribution in [1.82, 2.24) is 14.3 Å². The van der Waals surface area contributed by atoms with E-state index in [2.05, 4.69) is 4.98 Å². The summed E-state index contributed by atoms with van der Waals surface area (Å²) in [5.41, 5.74) is -0.335. The van der Waals surface area contributed by atoms with E-state index in [1.807, 2.05) is 0 Å². The maximum atomic E-state index is 13.1. The average Bonchev–Trinajstić information content (AvgIpc) is 3.08. The highest BCUT2D eigenvalue weighted by Gasteiger charge is 2.53. The second-order valence-corrected chi connectivity index (χ2v) is 9.73. The summed E-state index contributed by atoms with van der Waals surface area (Å²) in [5, 5.41) is 49.6. The molecule has 0 atom stereocenters. The molecule has 11 nitrogen and oxygen atoms in total. The van der Waals surface area contributed by atoms with Gasteiger partial charge in [0, 0.05) is 13.0 Å². The number of rotatable bonds is 3. The van der Waals surface area contributed by atoms with Gasteiger partial charge < -0.3 is 30.4 Å². The number of benzene rings is 1. The molecule has 0 amide bonds. The van der Waals surface area contributed by atoms with E-state index in [9.17, 15) is 35.1 Å². The highest BCUT2D eigenvalue weighted by atomic mass is 32.1. The van der Waals surface area contributed by atoms with Gasteiger partial charge in [-0.25, -0.2) is 14.7 Å². The number of aromatic carboxylic acids is 1. The molecule has 4 aromatic rings. The molecule has 1 aliphatic rings. The number of carbonyl (C=O) groups is 1. The summed E-state index contributed by atoms with van der Waals surface area (Å²) in [4.78, 5) is 31.3. The number of nitrogens with zero attached hydrogens (tertiary/aromatic N) is 4. The SMILES string of the molecule is [B]C([B])([B])N1C(O)(O)CCN(c2ccc3c(=O)c(C(=O)O)c4sc5ccccc5n4c3n2)CC1(O)O. The molecule has 178 valence electrons. The van der Waals surface area contributed by atoms with Crippen LogP contribution in [-0.4, -0.2) is 99.5 Å². The Morgan fingerprint density at radius 1 is 1.06 bits per heavy atom. The lowest BCUT2D eigenvalue weighted by Crippen LogP contribution is -2.72. The zero-order chi connectivity index (χ0) is 26.2. The van der Waals surface area contributed by atoms with Gasteiger partial charge in [-0.2, -0.15) is 0 Å². The van der Waals surface area contributed by atoms with Gasteiger partial charge in [0.1, 0.15) is 16.2 Å². The summed E-state index contributed by atoms with van der Waals surface area (Å²) in [6.07, 6.45) is -0.488. The highest BCUT2D eigenvalue weighted by molar-refractivity contribution is 7.24. The van der Waals surface area contributed by atoms with Gasteiger partial charge >= 0.3 is 5.97 Å². The molecule has 3 aromatic heterocycles. The van der Waals surface area contributed by atoms with Crippen molar-refractivity contribution in [2.45, 2.75) is 23.5 Å². The number of fused-ring (bicyclic) bond motifs is 5. The number of para-hydroxylation sites is 1. The lowest BCUT2D eigenvalue weighted by molar-refractivity contribution is -0.378. The second kappa shape index (κ2) is 8.03. The Balaban J connectivity index is 1.74. The zero-order valence-electron chi connectivity index (χ0n) is 18.6. The molecule has 0 unspecified atom stereocenters. The Hall–Kier alpha value is -2.94. The molecule has 15 heteroatoms. The number of anilines is 1. The van der Waals surface area contributed by atoms with E-state index in [0.717, 1.165) is 16.0 Å². The van der Waals surface area contributed by atoms with Crippen LogP contribution in [0.15, 0.2) is 41.2 Å². The van der Waals surface area contributed by atoms with Crippen LogP contribution >= 0.6 is 11.3 Å². The Morgan fingerprint density at radius 3 is 2.42 bits per heavy atom. The Kier molecular flexibility index (Phi) is 5.52. The number of β-amino-alcohol motifs (C(OH)–C–C–N with tert-alkyl or cyclic N) is 2. The number of aromatic nitrogens is 2. The van der Waals surface area contributed by atoms with E-state index in [0.29, 0.717) is 5.52 Å². The molecule has 0 aliphatic carbocycles. The van der Waals surface area contributed by atoms with E-state index in [1.54, 1.807) is 28.7 Å². The van der Waals surface area contributed by atoms with Crippen molar-refractivity contribution in [3.05, 3.63) is 52.2 Å². The zero-order valence-corrected chi connectivity index (χ0v) is 19.4. The molecule has 5 N–H and O–H groups in total. The normalized spacial score (nSPS) is 18.6. The van der Waals surface area contributed by atoms with Gasteiger partial charge in [-0.3, -0.25) is 9.20 Å². The Labute approximate surface area is 211 Å². The van der Waals surface area contributed by atoms with Crippen molar-refractivity contribution in [2.75, 3.05) is 18.0 Å². The molecular formula is C21H17B3N4O7S. The number of hydrogen-bond acceptors (Lipinski definition) is 10. The fraction of sp³-hybridized carbons (Fsp3) is 0.286. The number of carboxylic acids is 1. The van der Waals surface area contributed by atoms with Crippen LogP contribution in [0.2, 0.25) is 0 Å². The van der Waals surface area contributed by atoms with Gasteiger partial charge in [0.2, 0.25) is 17.3 Å². The third-order valence-electron chi connectivity index (χ3n) is 6.04. The standard InChI is InChI=1S/C21H17B3N4O7S/c22-21(23,24)28-19(32,33)7-8-26(9-20(28,34)35)13-6-5-10-15(29)14(18(30)31)17-27(16(10)25-13)11-3-1-2-4-12(11)36-17/h1-6,32-35H,7-9H2,(H,30,31). The van der Waals surface area contributed by atoms with E-state index in [1.165, 1.54) is 17.0 Å². The molecular weight excluding hydrogens is 485 g/mol. The topological polar surface area (TPSA) is 159 Å². The summed E-state index contributed by atoms with van der Waals surface area (Å²) in [6.45, 7) is -0.825. The van der Waals surface area contributed by atoms with Crippen LogP contribution in [0.25, 0.3) is 26.1 Å². The largest absolute Gasteiger partial charge is 0.477 e. The van der Waals surface area contributed by atoms with Crippen molar-refractivity contribution in [2.24, 2.45) is 0 Å². The van der Waals surface area contributed by atoms with Crippen LogP contribution in [0.5, 0.6) is 0 Å². The van der Waals surface area contributed by atoms with Crippen LogP contribution in [0, 0.1) is 0 Å². The van der Waals surface area contributed by atoms with Gasteiger partial charge in [0.25, 0.3) is 0 Å². The maximum absolute atomic E-state index is 13.1. The van der Waals surface area contributed by atoms with Crippen LogP contribution < -0.4 is 10.3 Å². The molecule has 4 heterocycles. The molecule has 1 aromatic carbocycles. The summed E-state index contributed by atoms with van der Waals surface area (Å²) >= 11 is 1.13. The number of carboxylic acid groups (broad SMARTS) is 1. The molecule has 5 rings (SSSR count). The van der Waals surface area contributed by atoms with Gasteiger partial charge in [0.05, 0.1) is 45.7 Å². The van der Waals surface area contributed by atoms with E-state index in [-0.39, 0.29) is 38.7 Å².